The summed E-state index contributed by atoms with van der Waals surface area (Å²) in [4.78, 5) is 0. The van der Waals surface area contributed by atoms with Gasteiger partial charge in [-0.2, -0.15) is 13.2 Å². The topological polar surface area (TPSA) is 21.3 Å². The Bertz CT molecular complexity index is 655. The van der Waals surface area contributed by atoms with E-state index in [1.165, 1.54) is 12.1 Å². The van der Waals surface area contributed by atoms with Crippen molar-refractivity contribution in [2.75, 3.05) is 11.9 Å². The fourth-order valence-electron chi connectivity index (χ4n) is 2.23. The Kier molecular flexibility index (Phi) is 3.57. The van der Waals surface area contributed by atoms with Crippen LogP contribution >= 0.6 is 15.9 Å². The molecule has 0 radical (unpaired) electrons. The van der Waals surface area contributed by atoms with Crippen molar-refractivity contribution < 1.29 is 17.9 Å². The van der Waals surface area contributed by atoms with Crippen molar-refractivity contribution in [3.8, 4) is 5.75 Å². The molecule has 1 aliphatic rings. The van der Waals surface area contributed by atoms with Gasteiger partial charge in [0.05, 0.1) is 22.3 Å². The van der Waals surface area contributed by atoms with Crippen LogP contribution in [-0.2, 0) is 6.18 Å². The van der Waals surface area contributed by atoms with Crippen LogP contribution in [0, 0.1) is 0 Å². The summed E-state index contributed by atoms with van der Waals surface area (Å²) in [6, 6.07) is 10.7. The maximum Gasteiger partial charge on any atom is 0.416 e. The third kappa shape index (κ3) is 2.85. The van der Waals surface area contributed by atoms with E-state index >= 15 is 0 Å². The molecule has 0 aliphatic carbocycles. The lowest BCUT2D eigenvalue weighted by atomic mass is 10.1. The summed E-state index contributed by atoms with van der Waals surface area (Å²) in [5.41, 5.74) is 0.918. The number of hydrogen-bond acceptors (Lipinski definition) is 2. The molecule has 0 saturated heterocycles. The van der Waals surface area contributed by atoms with E-state index in [0.29, 0.717) is 17.9 Å². The molecule has 110 valence electrons. The van der Waals surface area contributed by atoms with Gasteiger partial charge in [0.2, 0.25) is 0 Å². The van der Waals surface area contributed by atoms with Gasteiger partial charge in [-0.25, -0.2) is 0 Å². The molecular formula is C15H11BrF3NO. The lowest BCUT2D eigenvalue weighted by Gasteiger charge is -2.28. The summed E-state index contributed by atoms with van der Waals surface area (Å²) in [7, 11) is 0. The smallest absolute Gasteiger partial charge is 0.416 e. The van der Waals surface area contributed by atoms with Crippen LogP contribution in [0.25, 0.3) is 0 Å². The first-order valence-corrected chi connectivity index (χ1v) is 7.10. The molecule has 2 aromatic carbocycles. The van der Waals surface area contributed by atoms with E-state index in [4.69, 9.17) is 4.74 Å². The number of alkyl halides is 3. The number of rotatable bonds is 1. The minimum Gasteiger partial charge on any atom is -0.481 e. The van der Waals surface area contributed by atoms with Crippen molar-refractivity contribution >= 4 is 21.6 Å². The third-order valence-corrected chi connectivity index (χ3v) is 3.94. The van der Waals surface area contributed by atoms with Gasteiger partial charge in [-0.15, -0.1) is 0 Å². The zero-order chi connectivity index (χ0) is 15.0. The van der Waals surface area contributed by atoms with Crippen LogP contribution in [0.4, 0.5) is 18.9 Å². The van der Waals surface area contributed by atoms with Crippen LogP contribution in [-0.4, -0.2) is 6.54 Å². The zero-order valence-corrected chi connectivity index (χ0v) is 12.3. The van der Waals surface area contributed by atoms with Crippen molar-refractivity contribution in [2.45, 2.75) is 12.3 Å². The second kappa shape index (κ2) is 5.26. The van der Waals surface area contributed by atoms with Gasteiger partial charge in [0.1, 0.15) is 6.10 Å². The number of nitrogens with one attached hydrogen (secondary N) is 1. The van der Waals surface area contributed by atoms with Crippen LogP contribution < -0.4 is 10.1 Å². The molecule has 0 fully saturated rings. The number of para-hydroxylation sites is 1. The van der Waals surface area contributed by atoms with Crippen LogP contribution in [0.5, 0.6) is 5.75 Å². The highest BCUT2D eigenvalue weighted by Gasteiger charge is 2.30. The number of anilines is 1. The Morgan fingerprint density at radius 1 is 1.10 bits per heavy atom. The molecule has 1 N–H and O–H groups in total. The largest absolute Gasteiger partial charge is 0.481 e. The predicted molar refractivity (Wildman–Crippen MR) is 77.4 cm³/mol. The SMILES string of the molecule is FC(F)(F)c1ccc(C2CNc3cccc(Br)c3O2)cc1. The second-order valence-corrected chi connectivity index (χ2v) is 5.58. The first kappa shape index (κ1) is 14.3. The van der Waals surface area contributed by atoms with Gasteiger partial charge in [0.15, 0.2) is 5.75 Å². The van der Waals surface area contributed by atoms with Crippen LogP contribution in [0.1, 0.15) is 17.2 Å². The standard InChI is InChI=1S/C15H11BrF3NO/c16-11-2-1-3-12-14(11)21-13(8-20-12)9-4-6-10(7-5-9)15(17,18)19/h1-7,13,20H,8H2. The maximum atomic E-state index is 12.6. The Hall–Kier alpha value is -1.69. The minimum atomic E-state index is -4.32. The van der Waals surface area contributed by atoms with Crippen molar-refractivity contribution in [2.24, 2.45) is 0 Å². The fourth-order valence-corrected chi connectivity index (χ4v) is 2.69. The molecule has 1 atom stereocenters. The van der Waals surface area contributed by atoms with E-state index in [2.05, 4.69) is 21.2 Å². The number of fused-ring (bicyclic) bond motifs is 1. The highest BCUT2D eigenvalue weighted by atomic mass is 79.9. The van der Waals surface area contributed by atoms with E-state index in [9.17, 15) is 13.2 Å². The fraction of sp³-hybridized carbons (Fsp3) is 0.200. The first-order valence-electron chi connectivity index (χ1n) is 6.31. The van der Waals surface area contributed by atoms with Crippen molar-refractivity contribution in [1.29, 1.82) is 0 Å². The second-order valence-electron chi connectivity index (χ2n) is 4.72. The van der Waals surface area contributed by atoms with Crippen LogP contribution in [0.2, 0.25) is 0 Å². The quantitative estimate of drug-likeness (QED) is 0.774. The molecule has 0 spiro atoms. The molecule has 0 saturated carbocycles. The molecular weight excluding hydrogens is 347 g/mol. The molecule has 3 rings (SSSR count). The monoisotopic (exact) mass is 357 g/mol. The van der Waals surface area contributed by atoms with E-state index < -0.39 is 11.7 Å². The molecule has 0 bridgehead atoms. The molecule has 2 aromatic rings. The highest BCUT2D eigenvalue weighted by Crippen LogP contribution is 2.40. The van der Waals surface area contributed by atoms with Gasteiger partial charge in [-0.3, -0.25) is 0 Å². The molecule has 2 nitrogen and oxygen atoms in total. The van der Waals surface area contributed by atoms with Gasteiger partial charge in [0, 0.05) is 0 Å². The predicted octanol–water partition coefficient (Wildman–Crippen LogP) is 5.01. The summed E-state index contributed by atoms with van der Waals surface area (Å²) in [6.45, 7) is 0.509. The lowest BCUT2D eigenvalue weighted by molar-refractivity contribution is -0.137. The summed E-state index contributed by atoms with van der Waals surface area (Å²) >= 11 is 3.41. The third-order valence-electron chi connectivity index (χ3n) is 3.31. The van der Waals surface area contributed by atoms with E-state index in [0.717, 1.165) is 22.3 Å². The lowest BCUT2D eigenvalue weighted by Crippen LogP contribution is -2.23. The summed E-state index contributed by atoms with van der Waals surface area (Å²) in [6.07, 6.45) is -4.64. The first-order chi connectivity index (χ1) is 9.95. The van der Waals surface area contributed by atoms with Gasteiger partial charge in [0.25, 0.3) is 0 Å². The number of ether oxygens (including phenoxy) is 1. The molecule has 21 heavy (non-hydrogen) atoms. The maximum absolute atomic E-state index is 12.6. The van der Waals surface area contributed by atoms with E-state index in [1.807, 2.05) is 18.2 Å². The molecule has 0 amide bonds. The van der Waals surface area contributed by atoms with Crippen LogP contribution in [0.15, 0.2) is 46.9 Å². The average Bonchev–Trinajstić information content (AvgIpc) is 2.47. The van der Waals surface area contributed by atoms with E-state index in [1.54, 1.807) is 0 Å². The number of benzene rings is 2. The number of halogens is 4. The normalized spacial score (nSPS) is 17.6. The Labute approximate surface area is 128 Å². The molecule has 6 heteroatoms. The van der Waals surface area contributed by atoms with E-state index in [-0.39, 0.29) is 6.10 Å². The summed E-state index contributed by atoms with van der Waals surface area (Å²) in [5, 5.41) is 3.22. The zero-order valence-electron chi connectivity index (χ0n) is 10.7. The average molecular weight is 358 g/mol. The molecule has 1 unspecified atom stereocenters. The molecule has 1 heterocycles. The Balaban J connectivity index is 1.85. The minimum absolute atomic E-state index is 0.321. The molecule has 1 aliphatic heterocycles. The number of hydrogen-bond donors (Lipinski definition) is 1. The highest BCUT2D eigenvalue weighted by molar-refractivity contribution is 9.10. The Morgan fingerprint density at radius 2 is 1.81 bits per heavy atom. The van der Waals surface area contributed by atoms with Gasteiger partial charge < -0.3 is 10.1 Å². The van der Waals surface area contributed by atoms with Crippen molar-refractivity contribution in [3.05, 3.63) is 58.1 Å². The molecule has 0 aromatic heterocycles. The van der Waals surface area contributed by atoms with Gasteiger partial charge >= 0.3 is 6.18 Å². The van der Waals surface area contributed by atoms with Crippen molar-refractivity contribution in [1.82, 2.24) is 0 Å². The summed E-state index contributed by atoms with van der Waals surface area (Å²) in [5.74, 6) is 0.675. The van der Waals surface area contributed by atoms with Gasteiger partial charge in [-0.05, 0) is 45.8 Å². The van der Waals surface area contributed by atoms with Crippen LogP contribution in [0.3, 0.4) is 0 Å². The summed E-state index contributed by atoms with van der Waals surface area (Å²) < 4.78 is 44.4. The van der Waals surface area contributed by atoms with Gasteiger partial charge in [-0.1, -0.05) is 18.2 Å². The van der Waals surface area contributed by atoms with Crippen molar-refractivity contribution in [3.63, 3.8) is 0 Å². The Morgan fingerprint density at radius 3 is 2.48 bits per heavy atom.